The SMILES string of the molecule is O=S(=O)(Nc1ccccc1Cl)c1ccsc1CNC1CC1. The van der Waals surface area contributed by atoms with Gasteiger partial charge in [-0.2, -0.15) is 0 Å². The van der Waals surface area contributed by atoms with Gasteiger partial charge in [0.15, 0.2) is 0 Å². The van der Waals surface area contributed by atoms with E-state index in [0.717, 1.165) is 4.88 Å². The van der Waals surface area contributed by atoms with Gasteiger partial charge in [-0.05, 0) is 36.4 Å². The van der Waals surface area contributed by atoms with Crippen LogP contribution in [-0.4, -0.2) is 14.5 Å². The first kappa shape index (κ1) is 14.8. The molecular weight excluding hydrogens is 328 g/mol. The average Bonchev–Trinajstić information content (AvgIpc) is 3.15. The molecule has 1 aromatic heterocycles. The highest BCUT2D eigenvalue weighted by Crippen LogP contribution is 2.28. The van der Waals surface area contributed by atoms with E-state index in [4.69, 9.17) is 11.6 Å². The van der Waals surface area contributed by atoms with E-state index in [1.807, 2.05) is 0 Å². The molecule has 4 nitrogen and oxygen atoms in total. The quantitative estimate of drug-likeness (QED) is 0.845. The fraction of sp³-hybridized carbons (Fsp3) is 0.286. The van der Waals surface area contributed by atoms with Crippen molar-refractivity contribution in [1.29, 1.82) is 0 Å². The maximum Gasteiger partial charge on any atom is 0.263 e. The summed E-state index contributed by atoms with van der Waals surface area (Å²) in [5.74, 6) is 0. The third kappa shape index (κ3) is 3.58. The maximum absolute atomic E-state index is 12.5. The molecule has 0 unspecified atom stereocenters. The van der Waals surface area contributed by atoms with Crippen molar-refractivity contribution >= 4 is 38.6 Å². The lowest BCUT2D eigenvalue weighted by Crippen LogP contribution is -2.18. The molecule has 0 radical (unpaired) electrons. The Morgan fingerprint density at radius 3 is 2.71 bits per heavy atom. The molecule has 0 aliphatic heterocycles. The van der Waals surface area contributed by atoms with Gasteiger partial charge >= 0.3 is 0 Å². The molecule has 1 aliphatic rings. The van der Waals surface area contributed by atoms with Crippen LogP contribution in [0.1, 0.15) is 17.7 Å². The van der Waals surface area contributed by atoms with Gasteiger partial charge in [-0.3, -0.25) is 4.72 Å². The lowest BCUT2D eigenvalue weighted by atomic mass is 10.3. The fourth-order valence-corrected chi connectivity index (χ4v) is 4.68. The van der Waals surface area contributed by atoms with Crippen LogP contribution in [0.3, 0.4) is 0 Å². The van der Waals surface area contributed by atoms with Gasteiger partial charge in [0.05, 0.1) is 10.7 Å². The molecule has 1 saturated carbocycles. The third-order valence-electron chi connectivity index (χ3n) is 3.24. The predicted molar refractivity (Wildman–Crippen MR) is 86.4 cm³/mol. The van der Waals surface area contributed by atoms with E-state index in [1.165, 1.54) is 24.2 Å². The van der Waals surface area contributed by atoms with E-state index in [-0.39, 0.29) is 0 Å². The van der Waals surface area contributed by atoms with Gasteiger partial charge in [0, 0.05) is 17.5 Å². The van der Waals surface area contributed by atoms with Gasteiger partial charge < -0.3 is 5.32 Å². The Balaban J connectivity index is 1.81. The topological polar surface area (TPSA) is 58.2 Å². The van der Waals surface area contributed by atoms with Gasteiger partial charge in [0.1, 0.15) is 4.90 Å². The second-order valence-corrected chi connectivity index (χ2v) is 8.01. The zero-order valence-corrected chi connectivity index (χ0v) is 13.6. The van der Waals surface area contributed by atoms with Crippen LogP contribution >= 0.6 is 22.9 Å². The Kier molecular flexibility index (Phi) is 4.21. The molecule has 7 heteroatoms. The van der Waals surface area contributed by atoms with Crippen molar-refractivity contribution in [2.75, 3.05) is 4.72 Å². The number of nitrogens with one attached hydrogen (secondary N) is 2. The van der Waals surface area contributed by atoms with E-state index < -0.39 is 10.0 Å². The molecule has 0 spiro atoms. The first-order chi connectivity index (χ1) is 10.1. The van der Waals surface area contributed by atoms with Gasteiger partial charge in [0.25, 0.3) is 10.0 Å². The van der Waals surface area contributed by atoms with E-state index in [0.29, 0.717) is 28.2 Å². The van der Waals surface area contributed by atoms with E-state index in [2.05, 4.69) is 10.0 Å². The van der Waals surface area contributed by atoms with Crippen molar-refractivity contribution in [1.82, 2.24) is 5.32 Å². The molecule has 1 aromatic carbocycles. The zero-order chi connectivity index (χ0) is 14.9. The molecule has 3 rings (SSSR count). The summed E-state index contributed by atoms with van der Waals surface area (Å²) < 4.78 is 27.6. The number of thiophene rings is 1. The van der Waals surface area contributed by atoms with Crippen molar-refractivity contribution < 1.29 is 8.42 Å². The molecule has 0 amide bonds. The highest BCUT2D eigenvalue weighted by molar-refractivity contribution is 7.93. The number of hydrogen-bond acceptors (Lipinski definition) is 4. The van der Waals surface area contributed by atoms with Gasteiger partial charge in [-0.25, -0.2) is 8.42 Å². The normalized spacial score (nSPS) is 15.1. The summed E-state index contributed by atoms with van der Waals surface area (Å²) in [4.78, 5) is 1.14. The van der Waals surface area contributed by atoms with Crippen molar-refractivity contribution in [3.8, 4) is 0 Å². The average molecular weight is 343 g/mol. The van der Waals surface area contributed by atoms with Crippen LogP contribution in [0.25, 0.3) is 0 Å². The summed E-state index contributed by atoms with van der Waals surface area (Å²) in [6.07, 6.45) is 2.34. The minimum atomic E-state index is -3.61. The number of halogens is 1. The first-order valence-corrected chi connectivity index (χ1v) is 9.37. The molecular formula is C14H15ClN2O2S2. The molecule has 0 atom stereocenters. The van der Waals surface area contributed by atoms with Crippen molar-refractivity contribution in [2.45, 2.75) is 30.3 Å². The standard InChI is InChI=1S/C14H15ClN2O2S2/c15-11-3-1-2-4-12(11)17-21(18,19)14-7-8-20-13(14)9-16-10-5-6-10/h1-4,7-8,10,16-17H,5-6,9H2. The Bertz CT molecular complexity index is 739. The van der Waals surface area contributed by atoms with Crippen molar-refractivity contribution in [2.24, 2.45) is 0 Å². The highest BCUT2D eigenvalue weighted by Gasteiger charge is 2.24. The lowest BCUT2D eigenvalue weighted by molar-refractivity contribution is 0.599. The van der Waals surface area contributed by atoms with Crippen LogP contribution < -0.4 is 10.0 Å². The van der Waals surface area contributed by atoms with Crippen LogP contribution in [0.5, 0.6) is 0 Å². The van der Waals surface area contributed by atoms with Gasteiger partial charge in [0.2, 0.25) is 0 Å². The molecule has 1 heterocycles. The van der Waals surface area contributed by atoms with Crippen LogP contribution in [0.15, 0.2) is 40.6 Å². The van der Waals surface area contributed by atoms with Crippen molar-refractivity contribution in [3.05, 3.63) is 45.6 Å². The minimum absolute atomic E-state index is 0.320. The molecule has 1 fully saturated rings. The second kappa shape index (κ2) is 5.96. The largest absolute Gasteiger partial charge is 0.309 e. The smallest absolute Gasteiger partial charge is 0.263 e. The molecule has 1 aliphatic carbocycles. The number of sulfonamides is 1. The molecule has 2 aromatic rings. The highest BCUT2D eigenvalue weighted by atomic mass is 35.5. The summed E-state index contributed by atoms with van der Waals surface area (Å²) in [5.41, 5.74) is 0.395. The number of para-hydroxylation sites is 1. The van der Waals surface area contributed by atoms with E-state index >= 15 is 0 Å². The molecule has 112 valence electrons. The number of rotatable bonds is 6. The Hall–Kier alpha value is -1.08. The van der Waals surface area contributed by atoms with Crippen LogP contribution in [-0.2, 0) is 16.6 Å². The van der Waals surface area contributed by atoms with E-state index in [1.54, 1.807) is 35.7 Å². The fourth-order valence-electron chi connectivity index (χ4n) is 1.97. The zero-order valence-electron chi connectivity index (χ0n) is 11.2. The van der Waals surface area contributed by atoms with Gasteiger partial charge in [-0.1, -0.05) is 23.7 Å². The minimum Gasteiger partial charge on any atom is -0.309 e. The third-order valence-corrected chi connectivity index (χ3v) is 6.07. The van der Waals surface area contributed by atoms with Crippen LogP contribution in [0.4, 0.5) is 5.69 Å². The van der Waals surface area contributed by atoms with Gasteiger partial charge in [-0.15, -0.1) is 11.3 Å². The molecule has 2 N–H and O–H groups in total. The molecule has 21 heavy (non-hydrogen) atoms. The number of anilines is 1. The Morgan fingerprint density at radius 2 is 2.00 bits per heavy atom. The Labute approximate surface area is 133 Å². The van der Waals surface area contributed by atoms with Crippen molar-refractivity contribution in [3.63, 3.8) is 0 Å². The summed E-state index contributed by atoms with van der Waals surface area (Å²) >= 11 is 7.45. The molecule has 0 bridgehead atoms. The maximum atomic E-state index is 12.5. The monoisotopic (exact) mass is 342 g/mol. The number of benzene rings is 1. The molecule has 0 saturated heterocycles. The van der Waals surface area contributed by atoms with Crippen LogP contribution in [0, 0.1) is 0 Å². The summed E-state index contributed by atoms with van der Waals surface area (Å²) in [6.45, 7) is 0.584. The summed E-state index contributed by atoms with van der Waals surface area (Å²) in [6, 6.07) is 8.98. The number of hydrogen-bond donors (Lipinski definition) is 2. The first-order valence-electron chi connectivity index (χ1n) is 6.63. The predicted octanol–water partition coefficient (Wildman–Crippen LogP) is 3.45. The van der Waals surface area contributed by atoms with E-state index in [9.17, 15) is 8.42 Å². The van der Waals surface area contributed by atoms with Crippen LogP contribution in [0.2, 0.25) is 5.02 Å². The summed E-state index contributed by atoms with van der Waals surface area (Å²) in [7, 11) is -3.61. The Morgan fingerprint density at radius 1 is 1.24 bits per heavy atom. The lowest BCUT2D eigenvalue weighted by Gasteiger charge is -2.10. The second-order valence-electron chi connectivity index (χ2n) is 4.95. The summed E-state index contributed by atoms with van der Waals surface area (Å²) in [5, 5.41) is 5.52.